The fourth-order valence-corrected chi connectivity index (χ4v) is 1.89. The molecule has 2 rings (SSSR count). The number of halogens is 1. The molecule has 0 radical (unpaired) electrons. The van der Waals surface area contributed by atoms with Crippen molar-refractivity contribution in [3.05, 3.63) is 40.7 Å². The van der Waals surface area contributed by atoms with Crippen LogP contribution in [-0.4, -0.2) is 26.0 Å². The number of benzene rings is 1. The number of phenolic OH excluding ortho intramolecular Hbond substituents is 1. The highest BCUT2D eigenvalue weighted by atomic mass is 35.5. The van der Waals surface area contributed by atoms with Gasteiger partial charge in [-0.25, -0.2) is 9.48 Å². The molecule has 88 valence electrons. The summed E-state index contributed by atoms with van der Waals surface area (Å²) in [6, 6.07) is 6.25. The first-order valence-electron chi connectivity index (χ1n) is 4.78. The average Bonchev–Trinajstić information content (AvgIpc) is 2.54. The van der Waals surface area contributed by atoms with Crippen molar-refractivity contribution in [3.8, 4) is 11.4 Å². The third kappa shape index (κ3) is 1.97. The van der Waals surface area contributed by atoms with Gasteiger partial charge in [-0.3, -0.25) is 0 Å². The topological polar surface area (TPSA) is 75.3 Å². The van der Waals surface area contributed by atoms with E-state index in [0.29, 0.717) is 11.4 Å². The largest absolute Gasteiger partial charge is 0.508 e. The molecule has 5 nitrogen and oxygen atoms in total. The first-order valence-corrected chi connectivity index (χ1v) is 5.16. The van der Waals surface area contributed by atoms with E-state index in [2.05, 4.69) is 5.10 Å². The Morgan fingerprint density at radius 1 is 1.47 bits per heavy atom. The minimum Gasteiger partial charge on any atom is -0.508 e. The Hall–Kier alpha value is -2.01. The minimum atomic E-state index is -1.13. The number of hydrogen-bond acceptors (Lipinski definition) is 3. The van der Waals surface area contributed by atoms with Crippen molar-refractivity contribution < 1.29 is 15.0 Å². The highest BCUT2D eigenvalue weighted by molar-refractivity contribution is 6.32. The van der Waals surface area contributed by atoms with E-state index in [4.69, 9.17) is 16.7 Å². The second-order valence-corrected chi connectivity index (χ2v) is 3.85. The van der Waals surface area contributed by atoms with Gasteiger partial charge in [0.05, 0.1) is 11.4 Å². The summed E-state index contributed by atoms with van der Waals surface area (Å²) in [5.41, 5.74) is 0.798. The number of hydrogen-bond donors (Lipinski definition) is 2. The van der Waals surface area contributed by atoms with Crippen molar-refractivity contribution in [2.24, 2.45) is 0 Å². The first kappa shape index (κ1) is 11.5. The molecule has 0 unspecified atom stereocenters. The lowest BCUT2D eigenvalue weighted by molar-refractivity contribution is 0.0696. The second kappa shape index (κ2) is 4.10. The zero-order valence-corrected chi connectivity index (χ0v) is 9.64. The molecule has 2 N–H and O–H groups in total. The van der Waals surface area contributed by atoms with Gasteiger partial charge in [-0.1, -0.05) is 17.7 Å². The summed E-state index contributed by atoms with van der Waals surface area (Å²) in [7, 11) is 0. The normalized spacial score (nSPS) is 10.5. The monoisotopic (exact) mass is 252 g/mol. The maximum atomic E-state index is 11.0. The fraction of sp³-hybridized carbons (Fsp3) is 0.0909. The van der Waals surface area contributed by atoms with Gasteiger partial charge in [-0.2, -0.15) is 5.10 Å². The predicted octanol–water partition coefficient (Wildman–Crippen LogP) is 2.24. The number of phenols is 1. The second-order valence-electron chi connectivity index (χ2n) is 3.49. The van der Waals surface area contributed by atoms with E-state index in [1.165, 1.54) is 16.8 Å². The number of carboxylic acids is 1. The van der Waals surface area contributed by atoms with E-state index < -0.39 is 5.97 Å². The predicted molar refractivity (Wildman–Crippen MR) is 61.9 cm³/mol. The molecule has 0 saturated heterocycles. The number of nitrogens with zero attached hydrogens (tertiary/aromatic N) is 2. The molecule has 0 atom stereocenters. The van der Waals surface area contributed by atoms with Gasteiger partial charge in [-0.15, -0.1) is 0 Å². The molecule has 6 heteroatoms. The van der Waals surface area contributed by atoms with Crippen LogP contribution >= 0.6 is 11.6 Å². The average molecular weight is 253 g/mol. The van der Waals surface area contributed by atoms with Crippen LogP contribution in [0.4, 0.5) is 0 Å². The van der Waals surface area contributed by atoms with Crippen molar-refractivity contribution in [2.45, 2.75) is 6.92 Å². The molecule has 0 bridgehead atoms. The summed E-state index contributed by atoms with van der Waals surface area (Å²) in [6.07, 6.45) is 0. The molecule has 0 fully saturated rings. The minimum absolute atomic E-state index is 0.0144. The van der Waals surface area contributed by atoms with Crippen LogP contribution in [0.2, 0.25) is 5.15 Å². The van der Waals surface area contributed by atoms with Gasteiger partial charge in [0, 0.05) is 6.07 Å². The molecule has 0 spiro atoms. The van der Waals surface area contributed by atoms with Gasteiger partial charge in [0.25, 0.3) is 0 Å². The number of aryl methyl sites for hydroxylation is 1. The molecule has 0 saturated carbocycles. The van der Waals surface area contributed by atoms with Crippen LogP contribution in [0.1, 0.15) is 16.1 Å². The molecular formula is C11H9ClN2O3. The summed E-state index contributed by atoms with van der Waals surface area (Å²) in [5.74, 6) is -1.07. The molecule has 0 aliphatic heterocycles. The SMILES string of the molecule is Cc1nn(-c2cccc(O)c2)c(Cl)c1C(=O)O. The third-order valence-electron chi connectivity index (χ3n) is 2.29. The molecule has 17 heavy (non-hydrogen) atoms. The van der Waals surface area contributed by atoms with Crippen LogP contribution in [0.5, 0.6) is 5.75 Å². The third-order valence-corrected chi connectivity index (χ3v) is 2.64. The summed E-state index contributed by atoms with van der Waals surface area (Å²) in [5, 5.41) is 22.4. The van der Waals surface area contributed by atoms with Crippen molar-refractivity contribution in [2.75, 3.05) is 0 Å². The van der Waals surface area contributed by atoms with Gasteiger partial charge in [0.15, 0.2) is 0 Å². The quantitative estimate of drug-likeness (QED) is 0.859. The van der Waals surface area contributed by atoms with Gasteiger partial charge < -0.3 is 10.2 Å². The van der Waals surface area contributed by atoms with Crippen molar-refractivity contribution in [1.82, 2.24) is 9.78 Å². The van der Waals surface area contributed by atoms with Crippen LogP contribution in [0.15, 0.2) is 24.3 Å². The Morgan fingerprint density at radius 2 is 2.18 bits per heavy atom. The van der Waals surface area contributed by atoms with Crippen LogP contribution in [-0.2, 0) is 0 Å². The number of aromatic carboxylic acids is 1. The Kier molecular flexibility index (Phi) is 2.77. The fourth-order valence-electron chi connectivity index (χ4n) is 1.54. The van der Waals surface area contributed by atoms with Crippen molar-refractivity contribution in [3.63, 3.8) is 0 Å². The molecule has 0 aliphatic carbocycles. The smallest absolute Gasteiger partial charge is 0.340 e. The van der Waals surface area contributed by atoms with Gasteiger partial charge in [0.2, 0.25) is 0 Å². The van der Waals surface area contributed by atoms with Gasteiger partial charge >= 0.3 is 5.97 Å². The van der Waals surface area contributed by atoms with Crippen LogP contribution in [0.25, 0.3) is 5.69 Å². The molecule has 2 aromatic rings. The number of carboxylic acid groups (broad SMARTS) is 1. The molecule has 1 heterocycles. The number of carbonyl (C=O) groups is 1. The summed E-state index contributed by atoms with van der Waals surface area (Å²) in [6.45, 7) is 1.56. The highest BCUT2D eigenvalue weighted by Gasteiger charge is 2.20. The van der Waals surface area contributed by atoms with Crippen molar-refractivity contribution >= 4 is 17.6 Å². The number of aromatic hydroxyl groups is 1. The molecule has 0 amide bonds. The number of aromatic nitrogens is 2. The Labute approximate surface area is 102 Å². The van der Waals surface area contributed by atoms with E-state index >= 15 is 0 Å². The summed E-state index contributed by atoms with van der Waals surface area (Å²) < 4.78 is 1.28. The highest BCUT2D eigenvalue weighted by Crippen LogP contribution is 2.24. The van der Waals surface area contributed by atoms with Crippen LogP contribution in [0.3, 0.4) is 0 Å². The van der Waals surface area contributed by atoms with E-state index in [0.717, 1.165) is 0 Å². The van der Waals surface area contributed by atoms with E-state index in [-0.39, 0.29) is 16.5 Å². The zero-order chi connectivity index (χ0) is 12.6. The lowest BCUT2D eigenvalue weighted by Gasteiger charge is -2.03. The Balaban J connectivity index is 2.62. The van der Waals surface area contributed by atoms with Crippen LogP contribution < -0.4 is 0 Å². The Morgan fingerprint density at radius 3 is 2.71 bits per heavy atom. The summed E-state index contributed by atoms with van der Waals surface area (Å²) >= 11 is 5.95. The van der Waals surface area contributed by atoms with Gasteiger partial charge in [0.1, 0.15) is 16.5 Å². The van der Waals surface area contributed by atoms with Crippen LogP contribution in [0, 0.1) is 6.92 Å². The first-order chi connectivity index (χ1) is 8.00. The van der Waals surface area contributed by atoms with Crippen molar-refractivity contribution in [1.29, 1.82) is 0 Å². The zero-order valence-electron chi connectivity index (χ0n) is 8.88. The number of rotatable bonds is 2. The van der Waals surface area contributed by atoms with E-state index in [1.54, 1.807) is 19.1 Å². The molecular weight excluding hydrogens is 244 g/mol. The van der Waals surface area contributed by atoms with E-state index in [9.17, 15) is 9.90 Å². The lowest BCUT2D eigenvalue weighted by Crippen LogP contribution is -1.99. The van der Waals surface area contributed by atoms with E-state index in [1.807, 2.05) is 0 Å². The summed E-state index contributed by atoms with van der Waals surface area (Å²) in [4.78, 5) is 11.0. The maximum Gasteiger partial charge on any atom is 0.340 e. The maximum absolute atomic E-state index is 11.0. The molecule has 1 aromatic heterocycles. The lowest BCUT2D eigenvalue weighted by atomic mass is 10.2. The standard InChI is InChI=1S/C11H9ClN2O3/c1-6-9(11(16)17)10(12)14(13-6)7-3-2-4-8(15)5-7/h2-5,15H,1H3,(H,16,17). The van der Waals surface area contributed by atoms with Gasteiger partial charge in [-0.05, 0) is 19.1 Å². The Bertz CT molecular complexity index is 592. The molecule has 0 aliphatic rings. The molecule has 1 aromatic carbocycles.